The van der Waals surface area contributed by atoms with Crippen LogP contribution in [0.15, 0.2) is 60.8 Å². The number of nitrogens with zero attached hydrogens (tertiary/aromatic N) is 2. The zero-order valence-corrected chi connectivity index (χ0v) is 17.4. The van der Waals surface area contributed by atoms with Gasteiger partial charge in [0.1, 0.15) is 5.52 Å². The van der Waals surface area contributed by atoms with Crippen molar-refractivity contribution < 1.29 is 14.7 Å². The molecular formula is C25H23N3O3. The van der Waals surface area contributed by atoms with E-state index in [1.165, 1.54) is 0 Å². The van der Waals surface area contributed by atoms with Crippen molar-refractivity contribution >= 4 is 17.2 Å². The van der Waals surface area contributed by atoms with Crippen LogP contribution in [0.25, 0.3) is 16.6 Å². The largest absolute Gasteiger partial charge is 0.492 e. The molecule has 0 aliphatic heterocycles. The summed E-state index contributed by atoms with van der Waals surface area (Å²) in [6.45, 7) is 3.67. The number of primary amides is 1. The molecule has 31 heavy (non-hydrogen) atoms. The lowest BCUT2D eigenvalue weighted by molar-refractivity contribution is -0.114. The highest BCUT2D eigenvalue weighted by atomic mass is 16.3. The summed E-state index contributed by atoms with van der Waals surface area (Å²) in [5.41, 5.74) is 11.1. The van der Waals surface area contributed by atoms with Crippen LogP contribution in [0.4, 0.5) is 0 Å². The van der Waals surface area contributed by atoms with Gasteiger partial charge in [0.05, 0.1) is 11.3 Å². The van der Waals surface area contributed by atoms with Crippen LogP contribution < -0.4 is 5.73 Å². The number of amides is 1. The minimum absolute atomic E-state index is 0.135. The van der Waals surface area contributed by atoms with Crippen molar-refractivity contribution in [3.05, 3.63) is 88.9 Å². The SMILES string of the molecule is CCc1c(C(=O)C(N)=O)c2c(O)nc(C)cn2c1Cc1ccc(-c2ccccc2)cc1. The van der Waals surface area contributed by atoms with Crippen LogP contribution in [0.1, 0.15) is 39.8 Å². The third kappa shape index (κ3) is 3.68. The summed E-state index contributed by atoms with van der Waals surface area (Å²) in [5, 5.41) is 10.5. The first-order chi connectivity index (χ1) is 14.9. The summed E-state index contributed by atoms with van der Waals surface area (Å²) in [4.78, 5) is 28.4. The minimum Gasteiger partial charge on any atom is -0.492 e. The smallest absolute Gasteiger partial charge is 0.289 e. The average molecular weight is 413 g/mol. The Morgan fingerprint density at radius 3 is 2.29 bits per heavy atom. The third-order valence-corrected chi connectivity index (χ3v) is 5.47. The summed E-state index contributed by atoms with van der Waals surface area (Å²) >= 11 is 0. The molecule has 4 rings (SSSR count). The van der Waals surface area contributed by atoms with Crippen molar-refractivity contribution in [3.63, 3.8) is 0 Å². The molecule has 2 aromatic heterocycles. The van der Waals surface area contributed by atoms with Gasteiger partial charge < -0.3 is 15.2 Å². The van der Waals surface area contributed by atoms with E-state index in [0.717, 1.165) is 22.4 Å². The average Bonchev–Trinajstić information content (AvgIpc) is 3.07. The molecule has 2 heterocycles. The predicted molar refractivity (Wildman–Crippen MR) is 119 cm³/mol. The summed E-state index contributed by atoms with van der Waals surface area (Å²) in [6.07, 6.45) is 2.79. The first-order valence-corrected chi connectivity index (χ1v) is 10.1. The second-order valence-electron chi connectivity index (χ2n) is 7.51. The topological polar surface area (TPSA) is 97.7 Å². The Morgan fingerprint density at radius 2 is 1.68 bits per heavy atom. The monoisotopic (exact) mass is 413 g/mol. The standard InChI is InChI=1S/C25H23N3O3/c1-3-19-20(13-16-9-11-18(12-10-16)17-7-5-4-6-8-17)28-14-15(2)27-25(31)22(28)21(19)23(29)24(26)30/h4-12,14H,3,13H2,1-2H3,(H2,26,30)(H,27,31). The highest BCUT2D eigenvalue weighted by molar-refractivity contribution is 6.44. The van der Waals surface area contributed by atoms with Gasteiger partial charge in [-0.2, -0.15) is 0 Å². The molecular weight excluding hydrogens is 390 g/mol. The fraction of sp³-hybridized carbons (Fsp3) is 0.160. The molecule has 6 heteroatoms. The zero-order valence-electron chi connectivity index (χ0n) is 17.4. The molecule has 6 nitrogen and oxygen atoms in total. The summed E-state index contributed by atoms with van der Waals surface area (Å²) in [7, 11) is 0. The van der Waals surface area contributed by atoms with Crippen molar-refractivity contribution in [2.75, 3.05) is 0 Å². The van der Waals surface area contributed by atoms with E-state index < -0.39 is 11.7 Å². The maximum atomic E-state index is 12.6. The lowest BCUT2D eigenvalue weighted by Crippen LogP contribution is -2.24. The number of Topliss-reactive ketones (excluding diaryl/α,β-unsaturated/α-hetero) is 1. The summed E-state index contributed by atoms with van der Waals surface area (Å²) < 4.78 is 1.76. The van der Waals surface area contributed by atoms with Crippen LogP contribution in [0.3, 0.4) is 0 Å². The number of rotatable bonds is 6. The van der Waals surface area contributed by atoms with Gasteiger partial charge in [-0.25, -0.2) is 4.98 Å². The van der Waals surface area contributed by atoms with Gasteiger partial charge in [-0.3, -0.25) is 9.59 Å². The first-order valence-electron chi connectivity index (χ1n) is 10.1. The van der Waals surface area contributed by atoms with Gasteiger partial charge in [-0.1, -0.05) is 61.5 Å². The van der Waals surface area contributed by atoms with Crippen LogP contribution >= 0.6 is 0 Å². The number of benzene rings is 2. The highest BCUT2D eigenvalue weighted by Crippen LogP contribution is 2.32. The highest BCUT2D eigenvalue weighted by Gasteiger charge is 2.28. The van der Waals surface area contributed by atoms with Crippen molar-refractivity contribution in [2.45, 2.75) is 26.7 Å². The number of carbonyl (C=O) groups is 2. The van der Waals surface area contributed by atoms with Gasteiger partial charge in [0.25, 0.3) is 11.7 Å². The van der Waals surface area contributed by atoms with E-state index in [1.807, 2.05) is 37.3 Å². The summed E-state index contributed by atoms with van der Waals surface area (Å²) in [6, 6.07) is 18.3. The van der Waals surface area contributed by atoms with Crippen molar-refractivity contribution in [1.29, 1.82) is 0 Å². The maximum absolute atomic E-state index is 12.6. The quantitative estimate of drug-likeness (QED) is 0.371. The van der Waals surface area contributed by atoms with Crippen molar-refractivity contribution in [3.8, 4) is 17.0 Å². The molecule has 0 saturated carbocycles. The van der Waals surface area contributed by atoms with Gasteiger partial charge in [-0.05, 0) is 35.6 Å². The number of ketones is 1. The summed E-state index contributed by atoms with van der Waals surface area (Å²) in [5.74, 6) is -2.16. The minimum atomic E-state index is -1.05. The lowest BCUT2D eigenvalue weighted by Gasteiger charge is -2.09. The van der Waals surface area contributed by atoms with E-state index in [-0.39, 0.29) is 17.0 Å². The van der Waals surface area contributed by atoms with Gasteiger partial charge >= 0.3 is 0 Å². The van der Waals surface area contributed by atoms with Crippen LogP contribution in [0.2, 0.25) is 0 Å². The Labute approximate surface area is 180 Å². The van der Waals surface area contributed by atoms with E-state index in [2.05, 4.69) is 29.2 Å². The van der Waals surface area contributed by atoms with E-state index in [0.29, 0.717) is 24.1 Å². The van der Waals surface area contributed by atoms with E-state index in [9.17, 15) is 14.7 Å². The molecule has 0 aliphatic carbocycles. The Balaban J connectivity index is 1.84. The van der Waals surface area contributed by atoms with Gasteiger partial charge in [0.2, 0.25) is 5.88 Å². The molecule has 0 atom stereocenters. The van der Waals surface area contributed by atoms with Crippen LogP contribution in [-0.2, 0) is 17.6 Å². The van der Waals surface area contributed by atoms with Crippen LogP contribution in [-0.4, -0.2) is 26.2 Å². The van der Waals surface area contributed by atoms with Gasteiger partial charge in [0, 0.05) is 18.3 Å². The van der Waals surface area contributed by atoms with Gasteiger partial charge in [0.15, 0.2) is 0 Å². The predicted octanol–water partition coefficient (Wildman–Crippen LogP) is 3.84. The Morgan fingerprint density at radius 1 is 1.03 bits per heavy atom. The van der Waals surface area contributed by atoms with Crippen LogP contribution in [0.5, 0.6) is 5.88 Å². The fourth-order valence-corrected chi connectivity index (χ4v) is 4.07. The number of aromatic nitrogens is 2. The van der Waals surface area contributed by atoms with Crippen molar-refractivity contribution in [2.24, 2.45) is 5.73 Å². The fourth-order valence-electron chi connectivity index (χ4n) is 4.07. The van der Waals surface area contributed by atoms with Crippen LogP contribution in [0, 0.1) is 6.92 Å². The molecule has 0 fully saturated rings. The molecule has 0 bridgehead atoms. The second-order valence-corrected chi connectivity index (χ2v) is 7.51. The maximum Gasteiger partial charge on any atom is 0.289 e. The molecule has 1 amide bonds. The molecule has 0 radical (unpaired) electrons. The number of fused-ring (bicyclic) bond motifs is 1. The van der Waals surface area contributed by atoms with Gasteiger partial charge in [-0.15, -0.1) is 0 Å². The Hall–Kier alpha value is -3.93. The molecule has 0 saturated heterocycles. The normalized spacial score (nSPS) is 11.0. The molecule has 0 unspecified atom stereocenters. The van der Waals surface area contributed by atoms with E-state index >= 15 is 0 Å². The lowest BCUT2D eigenvalue weighted by atomic mass is 9.98. The second kappa shape index (κ2) is 8.07. The van der Waals surface area contributed by atoms with Crippen molar-refractivity contribution in [1.82, 2.24) is 9.38 Å². The molecule has 2 aromatic carbocycles. The molecule has 156 valence electrons. The first kappa shape index (κ1) is 20.3. The number of hydrogen-bond acceptors (Lipinski definition) is 4. The molecule has 0 spiro atoms. The third-order valence-electron chi connectivity index (χ3n) is 5.47. The number of carbonyl (C=O) groups excluding carboxylic acids is 2. The molecule has 0 aliphatic rings. The Kier molecular flexibility index (Phi) is 5.29. The molecule has 3 N–H and O–H groups in total. The molecule has 4 aromatic rings. The van der Waals surface area contributed by atoms with E-state index in [1.54, 1.807) is 17.5 Å². The Bertz CT molecular complexity index is 1290. The van der Waals surface area contributed by atoms with E-state index in [4.69, 9.17) is 5.73 Å². The number of hydrogen-bond donors (Lipinski definition) is 2. The number of nitrogens with two attached hydrogens (primary N) is 1. The zero-order chi connectivity index (χ0) is 22.1. The number of aryl methyl sites for hydroxylation is 1. The number of aromatic hydroxyl groups is 1.